The number of hydrogen-bond donors (Lipinski definition) is 1. The Kier molecular flexibility index (Phi) is 4.55. The maximum absolute atomic E-state index is 8.30. The molecule has 1 rings (SSSR count). The Morgan fingerprint density at radius 3 is 2.64 bits per heavy atom. The third-order valence-electron chi connectivity index (χ3n) is 1.85. The minimum absolute atomic E-state index is 0.754. The molecule has 0 heterocycles. The first kappa shape index (κ1) is 10.6. The molecule has 76 valence electrons. The lowest BCUT2D eigenvalue weighted by molar-refractivity contribution is 0.309. The van der Waals surface area contributed by atoms with Gasteiger partial charge in [-0.05, 0) is 36.2 Å². The minimum atomic E-state index is 0.754. The zero-order chi connectivity index (χ0) is 10.2. The molecule has 0 saturated carbocycles. The molecule has 0 aliphatic heterocycles. The second kappa shape index (κ2) is 6.02. The van der Waals surface area contributed by atoms with E-state index in [4.69, 9.17) is 9.94 Å². The number of nitrogens with zero attached hydrogens (tertiary/aromatic N) is 1. The molecule has 1 N–H and O–H groups in total. The van der Waals surface area contributed by atoms with Gasteiger partial charge in [0.1, 0.15) is 5.75 Å². The minimum Gasteiger partial charge on any atom is -0.494 e. The highest BCUT2D eigenvalue weighted by molar-refractivity contribution is 5.79. The molecule has 0 aliphatic carbocycles. The Labute approximate surface area is 84.0 Å². The fourth-order valence-electron chi connectivity index (χ4n) is 1.05. The molecule has 1 aromatic carbocycles. The van der Waals surface area contributed by atoms with E-state index in [2.05, 4.69) is 12.1 Å². The molecule has 0 radical (unpaired) electrons. The van der Waals surface area contributed by atoms with Gasteiger partial charge in [0, 0.05) is 0 Å². The number of hydrogen-bond acceptors (Lipinski definition) is 3. The van der Waals surface area contributed by atoms with Crippen LogP contribution in [0.25, 0.3) is 0 Å². The fourth-order valence-corrected chi connectivity index (χ4v) is 1.05. The smallest absolute Gasteiger partial charge is 0.119 e. The highest BCUT2D eigenvalue weighted by Crippen LogP contribution is 2.11. The van der Waals surface area contributed by atoms with Crippen molar-refractivity contribution in [3.05, 3.63) is 29.8 Å². The summed E-state index contributed by atoms with van der Waals surface area (Å²) in [5.41, 5.74) is 0.857. The summed E-state index contributed by atoms with van der Waals surface area (Å²) in [4.78, 5) is 0. The van der Waals surface area contributed by atoms with Crippen molar-refractivity contribution >= 4 is 6.21 Å². The third-order valence-corrected chi connectivity index (χ3v) is 1.85. The van der Waals surface area contributed by atoms with Crippen molar-refractivity contribution in [2.24, 2.45) is 5.16 Å². The summed E-state index contributed by atoms with van der Waals surface area (Å²) in [6.07, 6.45) is 3.59. The van der Waals surface area contributed by atoms with Gasteiger partial charge in [0.2, 0.25) is 0 Å². The molecule has 3 heteroatoms. The average molecular weight is 193 g/mol. The van der Waals surface area contributed by atoms with E-state index in [1.165, 1.54) is 6.21 Å². The Morgan fingerprint density at radius 1 is 1.36 bits per heavy atom. The van der Waals surface area contributed by atoms with Crippen LogP contribution >= 0.6 is 0 Å². The lowest BCUT2D eigenvalue weighted by Crippen LogP contribution is -1.96. The Morgan fingerprint density at radius 2 is 2.07 bits per heavy atom. The van der Waals surface area contributed by atoms with Crippen LogP contribution in [0, 0.1) is 0 Å². The molecule has 0 unspecified atom stereocenters. The highest BCUT2D eigenvalue weighted by atomic mass is 16.5. The quantitative estimate of drug-likeness (QED) is 0.338. The third kappa shape index (κ3) is 3.47. The number of ether oxygens (including phenoxy) is 1. The molecular weight excluding hydrogens is 178 g/mol. The van der Waals surface area contributed by atoms with Crippen molar-refractivity contribution < 1.29 is 9.94 Å². The first-order valence-electron chi connectivity index (χ1n) is 4.77. The maximum Gasteiger partial charge on any atom is 0.119 e. The summed E-state index contributed by atoms with van der Waals surface area (Å²) in [6, 6.07) is 7.43. The van der Waals surface area contributed by atoms with Crippen LogP contribution in [-0.2, 0) is 0 Å². The number of rotatable bonds is 5. The first-order chi connectivity index (χ1) is 6.86. The standard InChI is InChI=1S/C11H15NO2/c1-2-3-8-14-11-6-4-10(5-7-11)9-12-13/h4-7,9,13H,2-3,8H2,1H3. The SMILES string of the molecule is CCCCOc1ccc(C=NO)cc1. The number of unbranched alkanes of at least 4 members (excludes halogenated alkanes) is 1. The van der Waals surface area contributed by atoms with E-state index in [-0.39, 0.29) is 0 Å². The molecule has 14 heavy (non-hydrogen) atoms. The molecule has 0 saturated heterocycles. The molecule has 0 bridgehead atoms. The molecule has 3 nitrogen and oxygen atoms in total. The molecule has 0 aromatic heterocycles. The van der Waals surface area contributed by atoms with Crippen LogP contribution < -0.4 is 4.74 Å². The molecular formula is C11H15NO2. The van der Waals surface area contributed by atoms with Crippen molar-refractivity contribution in [3.63, 3.8) is 0 Å². The van der Waals surface area contributed by atoms with E-state index >= 15 is 0 Å². The second-order valence-electron chi connectivity index (χ2n) is 3.02. The molecule has 0 spiro atoms. The largest absolute Gasteiger partial charge is 0.494 e. The van der Waals surface area contributed by atoms with E-state index in [0.29, 0.717) is 0 Å². The first-order valence-corrected chi connectivity index (χ1v) is 4.77. The van der Waals surface area contributed by atoms with Gasteiger partial charge in [-0.3, -0.25) is 0 Å². The van der Waals surface area contributed by atoms with Crippen LogP contribution in [0.1, 0.15) is 25.3 Å². The van der Waals surface area contributed by atoms with Crippen LogP contribution in [0.3, 0.4) is 0 Å². The van der Waals surface area contributed by atoms with Crippen LogP contribution in [0.15, 0.2) is 29.4 Å². The summed E-state index contributed by atoms with van der Waals surface area (Å²) < 4.78 is 5.47. The van der Waals surface area contributed by atoms with Crippen LogP contribution in [-0.4, -0.2) is 18.0 Å². The van der Waals surface area contributed by atoms with E-state index in [1.54, 1.807) is 0 Å². The zero-order valence-electron chi connectivity index (χ0n) is 8.31. The lowest BCUT2D eigenvalue weighted by Gasteiger charge is -2.04. The lowest BCUT2D eigenvalue weighted by atomic mass is 10.2. The van der Waals surface area contributed by atoms with Gasteiger partial charge in [-0.1, -0.05) is 18.5 Å². The van der Waals surface area contributed by atoms with Gasteiger partial charge in [-0.15, -0.1) is 0 Å². The predicted molar refractivity (Wildman–Crippen MR) is 56.2 cm³/mol. The predicted octanol–water partition coefficient (Wildman–Crippen LogP) is 2.67. The van der Waals surface area contributed by atoms with Gasteiger partial charge in [0.15, 0.2) is 0 Å². The molecule has 0 fully saturated rings. The Balaban J connectivity index is 2.46. The summed E-state index contributed by atoms with van der Waals surface area (Å²) in [5.74, 6) is 0.855. The highest BCUT2D eigenvalue weighted by Gasteiger charge is 1.93. The Bertz CT molecular complexity index is 280. The van der Waals surface area contributed by atoms with Gasteiger partial charge in [-0.2, -0.15) is 0 Å². The molecule has 0 atom stereocenters. The maximum atomic E-state index is 8.30. The Hall–Kier alpha value is -1.51. The van der Waals surface area contributed by atoms with Crippen molar-refractivity contribution in [2.45, 2.75) is 19.8 Å². The van der Waals surface area contributed by atoms with Gasteiger partial charge >= 0.3 is 0 Å². The van der Waals surface area contributed by atoms with Crippen molar-refractivity contribution in [1.29, 1.82) is 0 Å². The topological polar surface area (TPSA) is 41.8 Å². The van der Waals surface area contributed by atoms with E-state index in [1.807, 2.05) is 24.3 Å². The summed E-state index contributed by atoms with van der Waals surface area (Å²) in [6.45, 7) is 2.88. The van der Waals surface area contributed by atoms with Gasteiger partial charge in [0.25, 0.3) is 0 Å². The summed E-state index contributed by atoms with van der Waals surface area (Å²) in [5, 5.41) is 11.2. The van der Waals surface area contributed by atoms with E-state index in [0.717, 1.165) is 30.8 Å². The fraction of sp³-hybridized carbons (Fsp3) is 0.364. The van der Waals surface area contributed by atoms with Gasteiger partial charge in [0.05, 0.1) is 12.8 Å². The molecule has 1 aromatic rings. The van der Waals surface area contributed by atoms with E-state index < -0.39 is 0 Å². The zero-order valence-corrected chi connectivity index (χ0v) is 8.31. The van der Waals surface area contributed by atoms with Crippen LogP contribution in [0.5, 0.6) is 5.75 Å². The van der Waals surface area contributed by atoms with E-state index in [9.17, 15) is 0 Å². The summed E-state index contributed by atoms with van der Waals surface area (Å²) >= 11 is 0. The monoisotopic (exact) mass is 193 g/mol. The summed E-state index contributed by atoms with van der Waals surface area (Å²) in [7, 11) is 0. The number of oxime groups is 1. The van der Waals surface area contributed by atoms with Crippen LogP contribution in [0.2, 0.25) is 0 Å². The number of benzene rings is 1. The normalized spacial score (nSPS) is 10.6. The van der Waals surface area contributed by atoms with Gasteiger partial charge in [-0.25, -0.2) is 0 Å². The van der Waals surface area contributed by atoms with Crippen molar-refractivity contribution in [1.82, 2.24) is 0 Å². The van der Waals surface area contributed by atoms with Crippen LogP contribution in [0.4, 0.5) is 0 Å². The van der Waals surface area contributed by atoms with Crippen molar-refractivity contribution in [3.8, 4) is 5.75 Å². The average Bonchev–Trinajstić information content (AvgIpc) is 2.21. The van der Waals surface area contributed by atoms with Gasteiger partial charge < -0.3 is 9.94 Å². The second-order valence-corrected chi connectivity index (χ2v) is 3.02. The molecule has 0 amide bonds. The van der Waals surface area contributed by atoms with Crippen molar-refractivity contribution in [2.75, 3.05) is 6.61 Å². The molecule has 0 aliphatic rings.